The van der Waals surface area contributed by atoms with Crippen LogP contribution in [0.5, 0.6) is 0 Å². The van der Waals surface area contributed by atoms with Crippen LogP contribution in [0.3, 0.4) is 0 Å². The van der Waals surface area contributed by atoms with Gasteiger partial charge in [-0.3, -0.25) is 0 Å². The maximum Gasteiger partial charge on any atom is 0.137 e. The fourth-order valence-corrected chi connectivity index (χ4v) is 4.25. The topological polar surface area (TPSA) is 18.1 Å². The second kappa shape index (κ2) is 5.38. The summed E-state index contributed by atoms with van der Waals surface area (Å²) in [5.74, 6) is 0. The van der Waals surface area contributed by atoms with Crippen molar-refractivity contribution in [3.05, 3.63) is 90.0 Å². The van der Waals surface area contributed by atoms with E-state index in [0.717, 1.165) is 32.6 Å². The van der Waals surface area contributed by atoms with Crippen molar-refractivity contribution in [3.8, 4) is 5.69 Å². The standard InChI is InChI=1S/C24H14ClNO/c25-15-9-12-23-20(13-15)19-11-10-16(14-24(19)27-23)26-21-7-3-1-5-17(21)18-6-2-4-8-22(18)26/h1-14H. The van der Waals surface area contributed by atoms with Crippen molar-refractivity contribution in [2.75, 3.05) is 0 Å². The average Bonchev–Trinajstić information content (AvgIpc) is 3.23. The van der Waals surface area contributed by atoms with E-state index >= 15 is 0 Å². The monoisotopic (exact) mass is 367 g/mol. The van der Waals surface area contributed by atoms with E-state index in [9.17, 15) is 0 Å². The molecular formula is C24H14ClNO. The van der Waals surface area contributed by atoms with E-state index in [4.69, 9.17) is 16.0 Å². The Morgan fingerprint density at radius 1 is 0.593 bits per heavy atom. The van der Waals surface area contributed by atoms with E-state index in [1.54, 1.807) is 0 Å². The molecule has 0 radical (unpaired) electrons. The molecule has 4 aromatic carbocycles. The van der Waals surface area contributed by atoms with Gasteiger partial charge >= 0.3 is 0 Å². The van der Waals surface area contributed by atoms with Crippen LogP contribution in [0.2, 0.25) is 5.02 Å². The van der Waals surface area contributed by atoms with Crippen LogP contribution < -0.4 is 0 Å². The summed E-state index contributed by atoms with van der Waals surface area (Å²) >= 11 is 6.17. The molecule has 0 bridgehead atoms. The van der Waals surface area contributed by atoms with Gasteiger partial charge in [0.05, 0.1) is 11.0 Å². The van der Waals surface area contributed by atoms with Gasteiger partial charge < -0.3 is 8.98 Å². The molecule has 0 unspecified atom stereocenters. The maximum absolute atomic E-state index is 6.17. The van der Waals surface area contributed by atoms with Crippen LogP contribution in [-0.2, 0) is 0 Å². The van der Waals surface area contributed by atoms with Crippen molar-refractivity contribution >= 4 is 55.3 Å². The average molecular weight is 368 g/mol. The van der Waals surface area contributed by atoms with Crippen molar-refractivity contribution in [1.82, 2.24) is 4.57 Å². The molecule has 0 aliphatic heterocycles. The maximum atomic E-state index is 6.17. The van der Waals surface area contributed by atoms with Crippen molar-refractivity contribution < 1.29 is 4.42 Å². The van der Waals surface area contributed by atoms with Gasteiger partial charge in [-0.15, -0.1) is 0 Å². The minimum absolute atomic E-state index is 0.719. The zero-order valence-corrected chi connectivity index (χ0v) is 15.1. The number of hydrogen-bond donors (Lipinski definition) is 0. The molecule has 2 heterocycles. The van der Waals surface area contributed by atoms with Gasteiger partial charge in [0.15, 0.2) is 0 Å². The number of hydrogen-bond acceptors (Lipinski definition) is 1. The molecule has 128 valence electrons. The van der Waals surface area contributed by atoms with E-state index in [-0.39, 0.29) is 0 Å². The molecule has 0 saturated carbocycles. The molecule has 0 amide bonds. The van der Waals surface area contributed by atoms with Gasteiger partial charge in [-0.1, -0.05) is 48.0 Å². The Kier molecular flexibility index (Phi) is 2.97. The lowest BCUT2D eigenvalue weighted by Gasteiger charge is -2.07. The van der Waals surface area contributed by atoms with Gasteiger partial charge in [-0.25, -0.2) is 0 Å². The van der Waals surface area contributed by atoms with Gasteiger partial charge in [-0.05, 0) is 42.5 Å². The zero-order chi connectivity index (χ0) is 18.0. The van der Waals surface area contributed by atoms with Crippen LogP contribution >= 0.6 is 11.6 Å². The van der Waals surface area contributed by atoms with Gasteiger partial charge in [-0.2, -0.15) is 0 Å². The molecule has 3 heteroatoms. The van der Waals surface area contributed by atoms with Crippen molar-refractivity contribution in [1.29, 1.82) is 0 Å². The van der Waals surface area contributed by atoms with Gasteiger partial charge in [0.1, 0.15) is 11.2 Å². The highest BCUT2D eigenvalue weighted by Gasteiger charge is 2.13. The lowest BCUT2D eigenvalue weighted by molar-refractivity contribution is 0.668. The van der Waals surface area contributed by atoms with Crippen LogP contribution in [0.1, 0.15) is 0 Å². The van der Waals surface area contributed by atoms with E-state index in [1.807, 2.05) is 18.2 Å². The molecular weight excluding hydrogens is 354 g/mol. The molecule has 0 spiro atoms. The van der Waals surface area contributed by atoms with Crippen molar-refractivity contribution in [2.45, 2.75) is 0 Å². The number of furan rings is 1. The summed E-state index contributed by atoms with van der Waals surface area (Å²) in [5, 5.41) is 5.36. The first-order valence-electron chi connectivity index (χ1n) is 8.90. The first-order valence-corrected chi connectivity index (χ1v) is 9.28. The molecule has 2 nitrogen and oxygen atoms in total. The molecule has 0 fully saturated rings. The van der Waals surface area contributed by atoms with E-state index in [1.165, 1.54) is 21.8 Å². The highest BCUT2D eigenvalue weighted by atomic mass is 35.5. The summed E-state index contributed by atoms with van der Waals surface area (Å²) in [4.78, 5) is 0. The predicted octanol–water partition coefficient (Wildman–Crippen LogP) is 7.34. The van der Waals surface area contributed by atoms with Crippen LogP contribution in [0.25, 0.3) is 49.4 Å². The summed E-state index contributed by atoms with van der Waals surface area (Å²) in [6.07, 6.45) is 0. The smallest absolute Gasteiger partial charge is 0.137 e. The zero-order valence-electron chi connectivity index (χ0n) is 14.3. The Hall–Kier alpha value is -3.23. The van der Waals surface area contributed by atoms with Crippen LogP contribution in [0.15, 0.2) is 89.3 Å². The Morgan fingerprint density at radius 2 is 1.30 bits per heavy atom. The van der Waals surface area contributed by atoms with Crippen molar-refractivity contribution in [2.24, 2.45) is 0 Å². The minimum atomic E-state index is 0.719. The number of rotatable bonds is 1. The number of halogens is 1. The van der Waals surface area contributed by atoms with Gasteiger partial charge in [0.2, 0.25) is 0 Å². The highest BCUT2D eigenvalue weighted by Crippen LogP contribution is 2.35. The number of para-hydroxylation sites is 2. The van der Waals surface area contributed by atoms with Crippen LogP contribution in [0, 0.1) is 0 Å². The molecule has 0 atom stereocenters. The predicted molar refractivity (Wildman–Crippen MR) is 113 cm³/mol. The molecule has 6 aromatic rings. The third-order valence-electron chi connectivity index (χ3n) is 5.26. The number of fused-ring (bicyclic) bond motifs is 6. The summed E-state index contributed by atoms with van der Waals surface area (Å²) in [5.41, 5.74) is 5.19. The molecule has 0 saturated heterocycles. The fraction of sp³-hybridized carbons (Fsp3) is 0. The lowest BCUT2D eigenvalue weighted by atomic mass is 10.1. The second-order valence-corrected chi connectivity index (χ2v) is 7.23. The molecule has 0 N–H and O–H groups in total. The van der Waals surface area contributed by atoms with Crippen molar-refractivity contribution in [3.63, 3.8) is 0 Å². The second-order valence-electron chi connectivity index (χ2n) is 6.79. The molecule has 27 heavy (non-hydrogen) atoms. The summed E-state index contributed by atoms with van der Waals surface area (Å²) in [6, 6.07) is 29.2. The third-order valence-corrected chi connectivity index (χ3v) is 5.49. The first-order chi connectivity index (χ1) is 13.3. The molecule has 0 aliphatic carbocycles. The third kappa shape index (κ3) is 2.08. The van der Waals surface area contributed by atoms with Crippen LogP contribution in [-0.4, -0.2) is 4.57 Å². The molecule has 6 rings (SSSR count). The Labute approximate surface area is 160 Å². The summed E-state index contributed by atoms with van der Waals surface area (Å²) in [7, 11) is 0. The van der Waals surface area contributed by atoms with E-state index in [0.29, 0.717) is 0 Å². The normalized spacial score (nSPS) is 11.9. The molecule has 2 aromatic heterocycles. The summed E-state index contributed by atoms with van der Waals surface area (Å²) < 4.78 is 8.39. The molecule has 0 aliphatic rings. The van der Waals surface area contributed by atoms with Gasteiger partial charge in [0, 0.05) is 38.3 Å². The number of benzene rings is 4. The fourth-order valence-electron chi connectivity index (χ4n) is 4.08. The Bertz CT molecular complexity index is 1440. The Morgan fingerprint density at radius 3 is 2.04 bits per heavy atom. The number of aromatic nitrogens is 1. The summed E-state index contributed by atoms with van der Waals surface area (Å²) in [6.45, 7) is 0. The largest absolute Gasteiger partial charge is 0.456 e. The SMILES string of the molecule is Clc1ccc2oc3cc(-n4c5ccccc5c5ccccc54)ccc3c2c1. The van der Waals surface area contributed by atoms with E-state index in [2.05, 4.69) is 71.3 Å². The number of nitrogens with zero attached hydrogens (tertiary/aromatic N) is 1. The first kappa shape index (κ1) is 14.9. The van der Waals surface area contributed by atoms with E-state index < -0.39 is 0 Å². The lowest BCUT2D eigenvalue weighted by Crippen LogP contribution is -1.93. The minimum Gasteiger partial charge on any atom is -0.456 e. The highest BCUT2D eigenvalue weighted by molar-refractivity contribution is 6.31. The van der Waals surface area contributed by atoms with Gasteiger partial charge in [0.25, 0.3) is 0 Å². The Balaban J connectivity index is 1.71. The quantitative estimate of drug-likeness (QED) is 0.297. The van der Waals surface area contributed by atoms with Crippen LogP contribution in [0.4, 0.5) is 0 Å².